The third-order valence-corrected chi connectivity index (χ3v) is 4.75. The van der Waals surface area contributed by atoms with Crippen LogP contribution in [0.2, 0.25) is 0 Å². The Balaban J connectivity index is 1.53. The molecular weight excluding hydrogens is 340 g/mol. The second-order valence-electron chi connectivity index (χ2n) is 6.42. The molecule has 138 valence electrons. The first-order valence-electron chi connectivity index (χ1n) is 8.48. The van der Waals surface area contributed by atoms with Crippen LogP contribution in [0.4, 0.5) is 4.79 Å². The highest BCUT2D eigenvalue weighted by atomic mass is 16.5. The minimum atomic E-state index is -0.773. The number of amides is 3. The van der Waals surface area contributed by atoms with E-state index in [1.807, 2.05) is 0 Å². The van der Waals surface area contributed by atoms with Crippen LogP contribution >= 0.6 is 0 Å². The fourth-order valence-corrected chi connectivity index (χ4v) is 3.36. The van der Waals surface area contributed by atoms with Gasteiger partial charge in [0.25, 0.3) is 5.91 Å². The van der Waals surface area contributed by atoms with E-state index < -0.39 is 23.5 Å². The summed E-state index contributed by atoms with van der Waals surface area (Å²) in [6.45, 7) is -0.0223. The Morgan fingerprint density at radius 3 is 2.42 bits per heavy atom. The van der Waals surface area contributed by atoms with Crippen LogP contribution in [0.15, 0.2) is 24.3 Å². The van der Waals surface area contributed by atoms with Gasteiger partial charge in [-0.1, -0.05) is 12.8 Å². The monoisotopic (exact) mass is 360 g/mol. The summed E-state index contributed by atoms with van der Waals surface area (Å²) in [5.41, 5.74) is -0.432. The molecule has 1 spiro atoms. The molecule has 0 atom stereocenters. The van der Waals surface area contributed by atoms with E-state index in [-0.39, 0.29) is 24.6 Å². The number of urea groups is 1. The number of rotatable bonds is 5. The van der Waals surface area contributed by atoms with Crippen molar-refractivity contribution in [3.05, 3.63) is 29.8 Å². The number of hydrogen-bond donors (Lipinski definition) is 1. The summed E-state index contributed by atoms with van der Waals surface area (Å²) < 4.78 is 9.76. The first-order chi connectivity index (χ1) is 12.4. The van der Waals surface area contributed by atoms with Crippen LogP contribution in [-0.4, -0.2) is 48.0 Å². The van der Waals surface area contributed by atoms with Crippen LogP contribution in [0, 0.1) is 0 Å². The zero-order chi connectivity index (χ0) is 18.7. The van der Waals surface area contributed by atoms with E-state index in [0.29, 0.717) is 18.4 Å². The lowest BCUT2D eigenvalue weighted by Gasteiger charge is -2.19. The average molecular weight is 360 g/mol. The Morgan fingerprint density at radius 1 is 1.15 bits per heavy atom. The summed E-state index contributed by atoms with van der Waals surface area (Å²) in [6.07, 6.45) is 3.00. The Labute approximate surface area is 150 Å². The molecule has 26 heavy (non-hydrogen) atoms. The van der Waals surface area contributed by atoms with Gasteiger partial charge < -0.3 is 14.8 Å². The van der Waals surface area contributed by atoms with Crippen molar-refractivity contribution in [1.29, 1.82) is 0 Å². The van der Waals surface area contributed by atoms with Crippen molar-refractivity contribution in [3.8, 4) is 5.75 Å². The van der Waals surface area contributed by atoms with Gasteiger partial charge in [-0.25, -0.2) is 9.59 Å². The number of ether oxygens (including phenoxy) is 2. The quantitative estimate of drug-likeness (QED) is 0.486. The molecule has 1 aromatic rings. The molecule has 0 bridgehead atoms. The van der Waals surface area contributed by atoms with E-state index in [1.165, 1.54) is 31.4 Å². The maximum absolute atomic E-state index is 12.5. The molecule has 1 saturated heterocycles. The Kier molecular flexibility index (Phi) is 4.92. The van der Waals surface area contributed by atoms with E-state index in [9.17, 15) is 19.2 Å². The normalized spacial score (nSPS) is 18.1. The van der Waals surface area contributed by atoms with Crippen molar-refractivity contribution in [2.24, 2.45) is 0 Å². The van der Waals surface area contributed by atoms with Gasteiger partial charge in [0.2, 0.25) is 0 Å². The summed E-state index contributed by atoms with van der Waals surface area (Å²) in [5, 5.41) is 2.77. The Hall–Kier alpha value is -2.90. The summed E-state index contributed by atoms with van der Waals surface area (Å²) in [6, 6.07) is 5.47. The van der Waals surface area contributed by atoms with Gasteiger partial charge in [0.05, 0.1) is 19.1 Å². The SMILES string of the molecule is COC(=O)c1ccc(OC(=O)CCN2C(=O)NC3(CCCC3)C2=O)cc1. The largest absolute Gasteiger partial charge is 0.465 e. The standard InChI is InChI=1S/C18H20N2O6/c1-25-15(22)12-4-6-13(7-5-12)26-14(21)8-11-20-16(23)18(19-17(20)24)9-2-3-10-18/h4-7H,2-3,8-11H2,1H3,(H,19,24). The molecule has 1 N–H and O–H groups in total. The van der Waals surface area contributed by atoms with Crippen molar-refractivity contribution >= 4 is 23.9 Å². The number of methoxy groups -OCH3 is 1. The minimum Gasteiger partial charge on any atom is -0.465 e. The van der Waals surface area contributed by atoms with Crippen molar-refractivity contribution in [2.75, 3.05) is 13.7 Å². The highest BCUT2D eigenvalue weighted by Crippen LogP contribution is 2.35. The number of nitrogens with zero attached hydrogens (tertiary/aromatic N) is 1. The Morgan fingerprint density at radius 2 is 1.81 bits per heavy atom. The van der Waals surface area contributed by atoms with Gasteiger partial charge >= 0.3 is 18.0 Å². The molecule has 1 aliphatic heterocycles. The predicted octanol–water partition coefficient (Wildman–Crippen LogP) is 1.63. The third kappa shape index (κ3) is 3.40. The zero-order valence-corrected chi connectivity index (χ0v) is 14.4. The lowest BCUT2D eigenvalue weighted by molar-refractivity contribution is -0.135. The molecule has 8 heteroatoms. The smallest absolute Gasteiger partial charge is 0.337 e. The van der Waals surface area contributed by atoms with E-state index in [1.54, 1.807) is 0 Å². The van der Waals surface area contributed by atoms with Crippen LogP contribution in [0.25, 0.3) is 0 Å². The predicted molar refractivity (Wildman–Crippen MR) is 89.5 cm³/mol. The van der Waals surface area contributed by atoms with E-state index >= 15 is 0 Å². The van der Waals surface area contributed by atoms with Crippen molar-refractivity contribution in [2.45, 2.75) is 37.6 Å². The molecule has 1 saturated carbocycles. The molecule has 8 nitrogen and oxygen atoms in total. The molecule has 3 amide bonds. The van der Waals surface area contributed by atoms with Crippen molar-refractivity contribution in [1.82, 2.24) is 10.2 Å². The Bertz CT molecular complexity index is 737. The molecule has 1 heterocycles. The molecule has 1 aliphatic carbocycles. The fourth-order valence-electron chi connectivity index (χ4n) is 3.36. The van der Waals surface area contributed by atoms with Crippen molar-refractivity contribution in [3.63, 3.8) is 0 Å². The molecule has 3 rings (SSSR count). The summed E-state index contributed by atoms with van der Waals surface area (Å²) in [4.78, 5) is 49.0. The van der Waals surface area contributed by atoms with Gasteiger partial charge in [0.15, 0.2) is 0 Å². The van der Waals surface area contributed by atoms with Gasteiger partial charge in [-0.15, -0.1) is 0 Å². The first-order valence-corrected chi connectivity index (χ1v) is 8.48. The number of carbonyl (C=O) groups is 4. The van der Waals surface area contributed by atoms with Gasteiger partial charge in [-0.2, -0.15) is 0 Å². The molecule has 0 aromatic heterocycles. The molecule has 2 fully saturated rings. The van der Waals surface area contributed by atoms with Crippen molar-refractivity contribution < 1.29 is 28.7 Å². The second kappa shape index (κ2) is 7.15. The van der Waals surface area contributed by atoms with Gasteiger partial charge in [-0.05, 0) is 37.1 Å². The van der Waals surface area contributed by atoms with E-state index in [0.717, 1.165) is 17.7 Å². The zero-order valence-electron chi connectivity index (χ0n) is 14.4. The summed E-state index contributed by atoms with van der Waals surface area (Å²) in [7, 11) is 1.28. The number of hydrogen-bond acceptors (Lipinski definition) is 6. The highest BCUT2D eigenvalue weighted by Gasteiger charge is 2.52. The molecular formula is C18H20N2O6. The highest BCUT2D eigenvalue weighted by molar-refractivity contribution is 6.07. The van der Waals surface area contributed by atoms with E-state index in [4.69, 9.17) is 4.74 Å². The van der Waals surface area contributed by atoms with Crippen LogP contribution in [0.5, 0.6) is 5.75 Å². The number of esters is 2. The van der Waals surface area contributed by atoms with Crippen LogP contribution in [-0.2, 0) is 14.3 Å². The number of carbonyl (C=O) groups excluding carboxylic acids is 4. The third-order valence-electron chi connectivity index (χ3n) is 4.75. The summed E-state index contributed by atoms with van der Waals surface area (Å²) >= 11 is 0. The lowest BCUT2D eigenvalue weighted by Crippen LogP contribution is -2.44. The topological polar surface area (TPSA) is 102 Å². The van der Waals surface area contributed by atoms with Crippen LogP contribution < -0.4 is 10.1 Å². The minimum absolute atomic E-state index is 0.0223. The molecule has 2 aliphatic rings. The average Bonchev–Trinajstić information content (AvgIpc) is 3.19. The summed E-state index contributed by atoms with van der Waals surface area (Å²) in [5.74, 6) is -1.03. The number of benzene rings is 1. The van der Waals surface area contributed by atoms with Crippen LogP contribution in [0.1, 0.15) is 42.5 Å². The maximum atomic E-state index is 12.5. The van der Waals surface area contributed by atoms with E-state index in [2.05, 4.69) is 10.1 Å². The van der Waals surface area contributed by atoms with Gasteiger partial charge in [-0.3, -0.25) is 14.5 Å². The number of imide groups is 1. The van der Waals surface area contributed by atoms with Crippen LogP contribution in [0.3, 0.4) is 0 Å². The maximum Gasteiger partial charge on any atom is 0.337 e. The molecule has 0 radical (unpaired) electrons. The molecule has 1 aromatic carbocycles. The fraction of sp³-hybridized carbons (Fsp3) is 0.444. The number of nitrogens with one attached hydrogen (secondary N) is 1. The van der Waals surface area contributed by atoms with Gasteiger partial charge in [0, 0.05) is 6.54 Å². The van der Waals surface area contributed by atoms with Gasteiger partial charge in [0.1, 0.15) is 11.3 Å². The first kappa shape index (κ1) is 17.9. The molecule has 0 unspecified atom stereocenters. The second-order valence-corrected chi connectivity index (χ2v) is 6.42. The lowest BCUT2D eigenvalue weighted by atomic mass is 9.98.